The average Bonchev–Trinajstić information content (AvgIpc) is 2.16. The molecule has 9 heavy (non-hydrogen) atoms. The summed E-state index contributed by atoms with van der Waals surface area (Å²) in [5, 5.41) is 3.32. The van der Waals surface area contributed by atoms with Crippen molar-refractivity contribution in [2.75, 3.05) is 26.8 Å². The summed E-state index contributed by atoms with van der Waals surface area (Å²) in [6.07, 6.45) is 1.25. The van der Waals surface area contributed by atoms with Crippen LogP contribution in [-0.2, 0) is 4.74 Å². The topological polar surface area (TPSA) is 21.3 Å². The zero-order valence-electron chi connectivity index (χ0n) is 6.24. The first kappa shape index (κ1) is 7.03. The van der Waals surface area contributed by atoms with Gasteiger partial charge in [0.25, 0.3) is 0 Å². The first-order valence-corrected chi connectivity index (χ1v) is 3.46. The van der Waals surface area contributed by atoms with Crippen molar-refractivity contribution >= 4 is 0 Å². The summed E-state index contributed by atoms with van der Waals surface area (Å²) in [6, 6.07) is 0. The van der Waals surface area contributed by atoms with Gasteiger partial charge in [-0.05, 0) is 13.0 Å². The van der Waals surface area contributed by atoms with Crippen LogP contribution < -0.4 is 5.32 Å². The van der Waals surface area contributed by atoms with Gasteiger partial charge in [0.2, 0.25) is 0 Å². The Morgan fingerprint density at radius 1 is 1.67 bits per heavy atom. The van der Waals surface area contributed by atoms with Crippen LogP contribution >= 0.6 is 0 Å². The maximum absolute atomic E-state index is 5.09. The molecule has 0 unspecified atom stereocenters. The third kappa shape index (κ3) is 1.66. The molecule has 0 aromatic rings. The minimum atomic E-state index is 0.411. The summed E-state index contributed by atoms with van der Waals surface area (Å²) in [4.78, 5) is 0. The molecule has 1 atom stereocenters. The first-order valence-electron chi connectivity index (χ1n) is 3.46. The predicted octanol–water partition coefficient (Wildman–Crippen LogP) is 0.632. The molecule has 0 bridgehead atoms. The van der Waals surface area contributed by atoms with Crippen molar-refractivity contribution in [3.05, 3.63) is 0 Å². The molecule has 0 radical (unpaired) electrons. The van der Waals surface area contributed by atoms with Crippen LogP contribution in [0.3, 0.4) is 0 Å². The highest BCUT2D eigenvalue weighted by molar-refractivity contribution is 4.82. The van der Waals surface area contributed by atoms with Crippen LogP contribution in [0.15, 0.2) is 0 Å². The number of hydrogen-bond acceptors (Lipinski definition) is 2. The van der Waals surface area contributed by atoms with Gasteiger partial charge in [-0.2, -0.15) is 0 Å². The van der Waals surface area contributed by atoms with E-state index in [9.17, 15) is 0 Å². The van der Waals surface area contributed by atoms with Crippen molar-refractivity contribution in [1.82, 2.24) is 5.32 Å². The van der Waals surface area contributed by atoms with E-state index in [0.29, 0.717) is 5.41 Å². The van der Waals surface area contributed by atoms with E-state index in [2.05, 4.69) is 12.2 Å². The molecule has 0 aliphatic carbocycles. The van der Waals surface area contributed by atoms with Gasteiger partial charge in [0.15, 0.2) is 0 Å². The van der Waals surface area contributed by atoms with E-state index in [1.54, 1.807) is 7.11 Å². The summed E-state index contributed by atoms with van der Waals surface area (Å²) in [5.41, 5.74) is 0.411. The van der Waals surface area contributed by atoms with Crippen molar-refractivity contribution in [2.45, 2.75) is 13.3 Å². The highest BCUT2D eigenvalue weighted by Gasteiger charge is 2.27. The van der Waals surface area contributed by atoms with Gasteiger partial charge in [-0.25, -0.2) is 0 Å². The first-order chi connectivity index (χ1) is 4.27. The standard InChI is InChI=1S/C7H15NO/c1-7(6-9-2)3-4-8-5-7/h8H,3-6H2,1-2H3/t7-/m0/s1. The van der Waals surface area contributed by atoms with Crippen molar-refractivity contribution in [3.63, 3.8) is 0 Å². The lowest BCUT2D eigenvalue weighted by Gasteiger charge is -2.20. The number of methoxy groups -OCH3 is 1. The summed E-state index contributed by atoms with van der Waals surface area (Å²) >= 11 is 0. The SMILES string of the molecule is COC[C@@]1(C)CCNC1. The molecule has 2 heteroatoms. The van der Waals surface area contributed by atoms with Gasteiger partial charge in [-0.15, -0.1) is 0 Å². The minimum Gasteiger partial charge on any atom is -0.384 e. The molecule has 1 heterocycles. The normalized spacial score (nSPS) is 35.3. The van der Waals surface area contributed by atoms with E-state index in [-0.39, 0.29) is 0 Å². The maximum atomic E-state index is 5.09. The van der Waals surface area contributed by atoms with Crippen LogP contribution in [0.5, 0.6) is 0 Å². The highest BCUT2D eigenvalue weighted by atomic mass is 16.5. The molecule has 0 aromatic heterocycles. The molecule has 1 aliphatic rings. The lowest BCUT2D eigenvalue weighted by molar-refractivity contribution is 0.105. The van der Waals surface area contributed by atoms with Crippen LogP contribution in [0.4, 0.5) is 0 Å². The molecule has 0 amide bonds. The van der Waals surface area contributed by atoms with Crippen molar-refractivity contribution in [1.29, 1.82) is 0 Å². The number of hydrogen-bond donors (Lipinski definition) is 1. The van der Waals surface area contributed by atoms with Gasteiger partial charge in [-0.3, -0.25) is 0 Å². The van der Waals surface area contributed by atoms with E-state index in [1.807, 2.05) is 0 Å². The second-order valence-electron chi connectivity index (χ2n) is 3.17. The minimum absolute atomic E-state index is 0.411. The smallest absolute Gasteiger partial charge is 0.0528 e. The second kappa shape index (κ2) is 2.67. The van der Waals surface area contributed by atoms with Gasteiger partial charge in [0, 0.05) is 19.1 Å². The monoisotopic (exact) mass is 129 g/mol. The maximum Gasteiger partial charge on any atom is 0.0528 e. The van der Waals surface area contributed by atoms with Crippen molar-refractivity contribution < 1.29 is 4.74 Å². The Bertz CT molecular complexity index is 86.9. The summed E-state index contributed by atoms with van der Waals surface area (Å²) in [5.74, 6) is 0. The molecule has 1 saturated heterocycles. The van der Waals surface area contributed by atoms with Gasteiger partial charge in [-0.1, -0.05) is 6.92 Å². The van der Waals surface area contributed by atoms with Gasteiger partial charge in [0.05, 0.1) is 6.61 Å². The quantitative estimate of drug-likeness (QED) is 0.590. The summed E-state index contributed by atoms with van der Waals surface area (Å²) in [7, 11) is 1.77. The Kier molecular flexibility index (Phi) is 2.09. The molecular weight excluding hydrogens is 114 g/mol. The van der Waals surface area contributed by atoms with Gasteiger partial charge in [0.1, 0.15) is 0 Å². The summed E-state index contributed by atoms with van der Waals surface area (Å²) < 4.78 is 5.09. The molecule has 0 spiro atoms. The van der Waals surface area contributed by atoms with Crippen LogP contribution in [0.1, 0.15) is 13.3 Å². The van der Waals surface area contributed by atoms with Crippen LogP contribution in [0.2, 0.25) is 0 Å². The highest BCUT2D eigenvalue weighted by Crippen LogP contribution is 2.23. The molecule has 1 aliphatic heterocycles. The molecular formula is C7H15NO. The van der Waals surface area contributed by atoms with E-state index >= 15 is 0 Å². The van der Waals surface area contributed by atoms with Crippen LogP contribution in [0, 0.1) is 5.41 Å². The Morgan fingerprint density at radius 2 is 2.44 bits per heavy atom. The molecule has 0 aromatic carbocycles. The summed E-state index contributed by atoms with van der Waals surface area (Å²) in [6.45, 7) is 5.41. The zero-order chi connectivity index (χ0) is 6.74. The Morgan fingerprint density at radius 3 is 2.89 bits per heavy atom. The number of ether oxygens (including phenoxy) is 1. The fourth-order valence-electron chi connectivity index (χ4n) is 1.34. The molecule has 1 N–H and O–H groups in total. The number of rotatable bonds is 2. The lowest BCUT2D eigenvalue weighted by atomic mass is 9.91. The molecule has 1 rings (SSSR count). The Hall–Kier alpha value is -0.0800. The Labute approximate surface area is 56.6 Å². The number of nitrogens with one attached hydrogen (secondary N) is 1. The molecule has 1 fully saturated rings. The molecule has 2 nitrogen and oxygen atoms in total. The Balaban J connectivity index is 2.32. The third-order valence-corrected chi connectivity index (χ3v) is 1.95. The zero-order valence-corrected chi connectivity index (χ0v) is 6.24. The molecule has 54 valence electrons. The second-order valence-corrected chi connectivity index (χ2v) is 3.17. The van der Waals surface area contributed by atoms with E-state index < -0.39 is 0 Å². The van der Waals surface area contributed by atoms with Crippen LogP contribution in [0.25, 0.3) is 0 Å². The van der Waals surface area contributed by atoms with Gasteiger partial charge >= 0.3 is 0 Å². The van der Waals surface area contributed by atoms with Crippen LogP contribution in [-0.4, -0.2) is 26.8 Å². The predicted molar refractivity (Wildman–Crippen MR) is 37.5 cm³/mol. The van der Waals surface area contributed by atoms with Crippen molar-refractivity contribution in [3.8, 4) is 0 Å². The fraction of sp³-hybridized carbons (Fsp3) is 1.00. The van der Waals surface area contributed by atoms with E-state index in [0.717, 1.165) is 19.7 Å². The lowest BCUT2D eigenvalue weighted by Crippen LogP contribution is -2.25. The average molecular weight is 129 g/mol. The fourth-order valence-corrected chi connectivity index (χ4v) is 1.34. The largest absolute Gasteiger partial charge is 0.384 e. The van der Waals surface area contributed by atoms with E-state index in [1.165, 1.54) is 6.42 Å². The van der Waals surface area contributed by atoms with E-state index in [4.69, 9.17) is 4.74 Å². The van der Waals surface area contributed by atoms with Crippen molar-refractivity contribution in [2.24, 2.45) is 5.41 Å². The third-order valence-electron chi connectivity index (χ3n) is 1.95. The van der Waals surface area contributed by atoms with Gasteiger partial charge < -0.3 is 10.1 Å². The molecule has 0 saturated carbocycles.